The van der Waals surface area contributed by atoms with Crippen LogP contribution in [0.4, 0.5) is 0 Å². The van der Waals surface area contributed by atoms with Crippen molar-refractivity contribution in [3.05, 3.63) is 32.9 Å². The third-order valence-corrected chi connectivity index (χ3v) is 4.68. The second kappa shape index (κ2) is 5.67. The number of imidazole rings is 1. The zero-order valence-electron chi connectivity index (χ0n) is 10.5. The summed E-state index contributed by atoms with van der Waals surface area (Å²) >= 11 is 11.1. The van der Waals surface area contributed by atoms with E-state index in [0.717, 1.165) is 15.3 Å². The molecule has 0 aromatic carbocycles. The molecule has 5 nitrogen and oxygen atoms in total. The van der Waals surface area contributed by atoms with E-state index in [4.69, 9.17) is 16.3 Å². The van der Waals surface area contributed by atoms with Crippen LogP contribution < -0.4 is 4.74 Å². The molecule has 104 valence electrons. The molecule has 3 aromatic rings. The van der Waals surface area contributed by atoms with Gasteiger partial charge in [-0.2, -0.15) is 4.98 Å². The smallest absolute Gasteiger partial charge is 0.245 e. The van der Waals surface area contributed by atoms with Gasteiger partial charge in [-0.3, -0.25) is 0 Å². The van der Waals surface area contributed by atoms with Gasteiger partial charge in [0.15, 0.2) is 11.2 Å². The van der Waals surface area contributed by atoms with Crippen LogP contribution in [0.3, 0.4) is 0 Å². The van der Waals surface area contributed by atoms with E-state index in [2.05, 4.69) is 36.9 Å². The summed E-state index contributed by atoms with van der Waals surface area (Å²) in [7, 11) is 1.57. The van der Waals surface area contributed by atoms with Crippen LogP contribution in [0, 0.1) is 0 Å². The van der Waals surface area contributed by atoms with Crippen LogP contribution in [-0.2, 0) is 12.4 Å². The summed E-state index contributed by atoms with van der Waals surface area (Å²) in [6.45, 7) is 0.676. The predicted octanol–water partition coefficient (Wildman–Crippen LogP) is 3.45. The third-order valence-electron chi connectivity index (χ3n) is 2.83. The molecule has 0 aliphatic heterocycles. The summed E-state index contributed by atoms with van der Waals surface area (Å²) in [6, 6.07) is 4.09. The van der Waals surface area contributed by atoms with Gasteiger partial charge < -0.3 is 9.30 Å². The lowest BCUT2D eigenvalue weighted by atomic mass is 10.4. The fraction of sp³-hybridized carbons (Fsp3) is 0.250. The van der Waals surface area contributed by atoms with Crippen LogP contribution in [0.15, 0.2) is 22.2 Å². The Hall–Kier alpha value is -1.18. The van der Waals surface area contributed by atoms with Crippen molar-refractivity contribution in [2.75, 3.05) is 7.11 Å². The van der Waals surface area contributed by atoms with Crippen LogP contribution >= 0.6 is 38.9 Å². The first-order valence-electron chi connectivity index (χ1n) is 5.77. The molecule has 8 heteroatoms. The molecular weight excluding hydrogens is 364 g/mol. The first-order chi connectivity index (χ1) is 9.72. The Balaban J connectivity index is 2.13. The standard InChI is InChI=1S/C12H10BrClN4OS/c1-19-12-10-11(15-6-16-12)18(9(4-14)17-10)5-7-2-3-8(13)20-7/h2-3,6H,4-5H2,1H3. The molecule has 3 heterocycles. The van der Waals surface area contributed by atoms with Gasteiger partial charge in [-0.15, -0.1) is 22.9 Å². The molecular formula is C12H10BrClN4OS. The lowest BCUT2D eigenvalue weighted by molar-refractivity contribution is 0.401. The number of aromatic nitrogens is 4. The van der Waals surface area contributed by atoms with Gasteiger partial charge in [0.25, 0.3) is 0 Å². The highest BCUT2D eigenvalue weighted by molar-refractivity contribution is 9.11. The number of thiophene rings is 1. The number of rotatable bonds is 4. The van der Waals surface area contributed by atoms with E-state index in [-0.39, 0.29) is 0 Å². The molecule has 3 aromatic heterocycles. The fourth-order valence-electron chi connectivity index (χ4n) is 1.97. The number of halogens is 2. The number of ether oxygens (including phenoxy) is 1. The number of nitrogens with zero attached hydrogens (tertiary/aromatic N) is 4. The second-order valence-corrected chi connectivity index (χ2v) is 6.82. The van der Waals surface area contributed by atoms with Gasteiger partial charge >= 0.3 is 0 Å². The van der Waals surface area contributed by atoms with E-state index in [1.807, 2.05) is 10.6 Å². The number of alkyl halides is 1. The lowest BCUT2D eigenvalue weighted by Crippen LogP contribution is -2.03. The highest BCUT2D eigenvalue weighted by atomic mass is 79.9. The van der Waals surface area contributed by atoms with Gasteiger partial charge in [0.1, 0.15) is 12.2 Å². The van der Waals surface area contributed by atoms with E-state index in [9.17, 15) is 0 Å². The second-order valence-electron chi connectivity index (χ2n) is 4.01. The molecule has 0 saturated carbocycles. The van der Waals surface area contributed by atoms with Gasteiger partial charge in [-0.25, -0.2) is 9.97 Å². The van der Waals surface area contributed by atoms with E-state index >= 15 is 0 Å². The minimum atomic E-state index is 0.312. The van der Waals surface area contributed by atoms with Crippen molar-refractivity contribution in [1.29, 1.82) is 0 Å². The number of hydrogen-bond acceptors (Lipinski definition) is 5. The molecule has 0 spiro atoms. The molecule has 0 aliphatic carbocycles. The Morgan fingerprint density at radius 1 is 1.40 bits per heavy atom. The van der Waals surface area contributed by atoms with Crippen molar-refractivity contribution in [2.24, 2.45) is 0 Å². The topological polar surface area (TPSA) is 52.8 Å². The molecule has 0 amide bonds. The van der Waals surface area contributed by atoms with Crippen molar-refractivity contribution in [3.8, 4) is 5.88 Å². The average molecular weight is 374 g/mol. The van der Waals surface area contributed by atoms with Crippen LogP contribution in [0.2, 0.25) is 0 Å². The van der Waals surface area contributed by atoms with Gasteiger partial charge in [0, 0.05) is 4.88 Å². The van der Waals surface area contributed by atoms with Crippen LogP contribution in [0.1, 0.15) is 10.7 Å². The summed E-state index contributed by atoms with van der Waals surface area (Å²) in [6.07, 6.45) is 1.47. The van der Waals surface area contributed by atoms with Crippen molar-refractivity contribution >= 4 is 50.0 Å². The number of fused-ring (bicyclic) bond motifs is 1. The molecule has 0 aliphatic rings. The van der Waals surface area contributed by atoms with Gasteiger partial charge in [-0.05, 0) is 28.1 Å². The van der Waals surface area contributed by atoms with E-state index in [0.29, 0.717) is 23.8 Å². The lowest BCUT2D eigenvalue weighted by Gasteiger charge is -2.05. The fourth-order valence-corrected chi connectivity index (χ4v) is 3.65. The number of hydrogen-bond donors (Lipinski definition) is 0. The minimum absolute atomic E-state index is 0.312. The van der Waals surface area contributed by atoms with Crippen molar-refractivity contribution in [1.82, 2.24) is 19.5 Å². The monoisotopic (exact) mass is 372 g/mol. The largest absolute Gasteiger partial charge is 0.479 e. The van der Waals surface area contributed by atoms with Crippen molar-refractivity contribution in [3.63, 3.8) is 0 Å². The molecule has 3 rings (SSSR count). The summed E-state index contributed by atoms with van der Waals surface area (Å²) in [4.78, 5) is 14.0. The van der Waals surface area contributed by atoms with Gasteiger partial charge in [-0.1, -0.05) is 0 Å². The van der Waals surface area contributed by atoms with Gasteiger partial charge in [0.05, 0.1) is 23.3 Å². The molecule has 0 N–H and O–H groups in total. The minimum Gasteiger partial charge on any atom is -0.479 e. The molecule has 0 radical (unpaired) electrons. The highest BCUT2D eigenvalue weighted by Crippen LogP contribution is 2.27. The summed E-state index contributed by atoms with van der Waals surface area (Å²) < 4.78 is 8.30. The normalized spacial score (nSPS) is 11.2. The van der Waals surface area contributed by atoms with E-state index in [1.165, 1.54) is 11.2 Å². The van der Waals surface area contributed by atoms with Crippen molar-refractivity contribution in [2.45, 2.75) is 12.4 Å². The van der Waals surface area contributed by atoms with E-state index < -0.39 is 0 Å². The molecule has 0 unspecified atom stereocenters. The quantitative estimate of drug-likeness (QED) is 0.657. The summed E-state index contributed by atoms with van der Waals surface area (Å²) in [5.74, 6) is 1.53. The Bertz CT molecular complexity index is 757. The van der Waals surface area contributed by atoms with Crippen LogP contribution in [0.5, 0.6) is 5.88 Å². The van der Waals surface area contributed by atoms with Crippen LogP contribution in [-0.4, -0.2) is 26.6 Å². The first-order valence-corrected chi connectivity index (χ1v) is 7.91. The Morgan fingerprint density at radius 2 is 2.25 bits per heavy atom. The Labute approximate surface area is 132 Å². The Morgan fingerprint density at radius 3 is 2.90 bits per heavy atom. The average Bonchev–Trinajstić information content (AvgIpc) is 3.03. The number of methoxy groups -OCH3 is 1. The highest BCUT2D eigenvalue weighted by Gasteiger charge is 2.16. The molecule has 0 saturated heterocycles. The molecule has 0 fully saturated rings. The van der Waals surface area contributed by atoms with E-state index in [1.54, 1.807) is 18.4 Å². The molecule has 0 bridgehead atoms. The SMILES string of the molecule is COc1ncnc2c1nc(CCl)n2Cc1ccc(Br)s1. The maximum Gasteiger partial charge on any atom is 0.245 e. The zero-order valence-corrected chi connectivity index (χ0v) is 13.7. The summed E-state index contributed by atoms with van der Waals surface area (Å²) in [5, 5.41) is 0. The van der Waals surface area contributed by atoms with Gasteiger partial charge in [0.2, 0.25) is 5.88 Å². The first kappa shape index (κ1) is 13.8. The maximum atomic E-state index is 5.99. The summed E-state index contributed by atoms with van der Waals surface area (Å²) in [5.41, 5.74) is 1.37. The molecule has 0 atom stereocenters. The van der Waals surface area contributed by atoms with Crippen LogP contribution in [0.25, 0.3) is 11.2 Å². The maximum absolute atomic E-state index is 5.99. The Kier molecular flexibility index (Phi) is 3.91. The third kappa shape index (κ3) is 2.41. The zero-order chi connectivity index (χ0) is 14.1. The van der Waals surface area contributed by atoms with Crippen molar-refractivity contribution < 1.29 is 4.74 Å². The predicted molar refractivity (Wildman–Crippen MR) is 82.6 cm³/mol. The molecule has 20 heavy (non-hydrogen) atoms.